The molecule has 90 valence electrons. The zero-order valence-corrected chi connectivity index (χ0v) is 11.2. The monoisotopic (exact) mass is 242 g/mol. The number of carbonyl (C=O) groups excluding carboxylic acids is 1. The van der Waals surface area contributed by atoms with Gasteiger partial charge in [0.25, 0.3) is 0 Å². The van der Waals surface area contributed by atoms with Gasteiger partial charge >= 0.3 is 0 Å². The summed E-state index contributed by atoms with van der Waals surface area (Å²) in [5.74, 6) is 1.74. The molecule has 0 N–H and O–H groups in total. The third kappa shape index (κ3) is 3.01. The number of thioether (sulfide) groups is 1. The van der Waals surface area contributed by atoms with Crippen molar-refractivity contribution in [1.82, 2.24) is 10.1 Å². The maximum atomic E-state index is 11.6. The fourth-order valence-electron chi connectivity index (χ4n) is 1.35. The van der Waals surface area contributed by atoms with Crippen LogP contribution in [0.25, 0.3) is 0 Å². The van der Waals surface area contributed by atoms with Gasteiger partial charge in [0.15, 0.2) is 0 Å². The maximum absolute atomic E-state index is 11.6. The molecule has 0 aliphatic rings. The van der Waals surface area contributed by atoms with Crippen molar-refractivity contribution in [2.75, 3.05) is 14.1 Å². The highest BCUT2D eigenvalue weighted by molar-refractivity contribution is 7.99. The van der Waals surface area contributed by atoms with Gasteiger partial charge in [-0.25, -0.2) is 0 Å². The molecule has 0 saturated heterocycles. The molecule has 0 aliphatic carbocycles. The number of nitrogens with zero attached hydrogens (tertiary/aromatic N) is 2. The third-order valence-corrected chi connectivity index (χ3v) is 3.60. The fraction of sp³-hybridized carbons (Fsp3) is 0.636. The average molecular weight is 242 g/mol. The Morgan fingerprint density at radius 1 is 1.50 bits per heavy atom. The van der Waals surface area contributed by atoms with Crippen LogP contribution in [0.3, 0.4) is 0 Å². The van der Waals surface area contributed by atoms with Gasteiger partial charge in [-0.3, -0.25) is 4.79 Å². The molecule has 0 aliphatic heterocycles. The quantitative estimate of drug-likeness (QED) is 0.810. The first-order chi connectivity index (χ1) is 7.43. The number of aromatic nitrogens is 1. The lowest BCUT2D eigenvalue weighted by molar-refractivity contribution is -0.127. The molecule has 5 heteroatoms. The molecule has 0 fully saturated rings. The summed E-state index contributed by atoms with van der Waals surface area (Å²) >= 11 is 1.61. The lowest BCUT2D eigenvalue weighted by Crippen LogP contribution is -2.29. The molecule has 4 nitrogen and oxygen atoms in total. The molecule has 0 aromatic carbocycles. The Balaban J connectivity index is 2.55. The summed E-state index contributed by atoms with van der Waals surface area (Å²) in [6.45, 7) is 5.74. The van der Waals surface area contributed by atoms with Gasteiger partial charge < -0.3 is 9.42 Å². The predicted octanol–water partition coefficient (Wildman–Crippen LogP) is 2.00. The highest BCUT2D eigenvalue weighted by Crippen LogP contribution is 2.23. The van der Waals surface area contributed by atoms with Gasteiger partial charge in [0.1, 0.15) is 5.76 Å². The Bertz CT molecular complexity index is 355. The standard InChI is InChI=1S/C11H18N2O2S/c1-7-10(8(2)15-12-7)6-16-9(3)11(14)13(4)5/h9H,6H2,1-5H3/t9-/m1/s1. The van der Waals surface area contributed by atoms with Crippen LogP contribution in [0.4, 0.5) is 0 Å². The predicted molar refractivity (Wildman–Crippen MR) is 65.4 cm³/mol. The Hall–Kier alpha value is -0.970. The van der Waals surface area contributed by atoms with Crippen molar-refractivity contribution in [3.63, 3.8) is 0 Å². The summed E-state index contributed by atoms with van der Waals surface area (Å²) < 4.78 is 5.08. The number of rotatable bonds is 4. The van der Waals surface area contributed by atoms with E-state index in [0.29, 0.717) is 0 Å². The van der Waals surface area contributed by atoms with E-state index in [-0.39, 0.29) is 11.2 Å². The summed E-state index contributed by atoms with van der Waals surface area (Å²) in [5, 5.41) is 3.85. The second kappa shape index (κ2) is 5.39. The third-order valence-electron chi connectivity index (χ3n) is 2.45. The summed E-state index contributed by atoms with van der Waals surface area (Å²) in [7, 11) is 3.55. The van der Waals surface area contributed by atoms with Crippen LogP contribution in [-0.4, -0.2) is 35.3 Å². The Kier molecular flexibility index (Phi) is 4.41. The number of carbonyl (C=O) groups is 1. The van der Waals surface area contributed by atoms with Crippen LogP contribution in [-0.2, 0) is 10.5 Å². The topological polar surface area (TPSA) is 46.3 Å². The molecule has 16 heavy (non-hydrogen) atoms. The van der Waals surface area contributed by atoms with Crippen LogP contribution >= 0.6 is 11.8 Å². The summed E-state index contributed by atoms with van der Waals surface area (Å²) in [4.78, 5) is 13.3. The van der Waals surface area contributed by atoms with Crippen LogP contribution in [0, 0.1) is 13.8 Å². The van der Waals surface area contributed by atoms with E-state index >= 15 is 0 Å². The molecule has 1 aromatic rings. The lowest BCUT2D eigenvalue weighted by atomic mass is 10.2. The molecule has 1 aromatic heterocycles. The summed E-state index contributed by atoms with van der Waals surface area (Å²) in [6.07, 6.45) is 0. The number of aryl methyl sites for hydroxylation is 2. The molecule has 1 rings (SSSR count). The number of hydrogen-bond donors (Lipinski definition) is 0. The van der Waals surface area contributed by atoms with Gasteiger partial charge in [0.2, 0.25) is 5.91 Å². The van der Waals surface area contributed by atoms with Crippen molar-refractivity contribution in [3.05, 3.63) is 17.0 Å². The molecule has 1 amide bonds. The fourth-order valence-corrected chi connectivity index (χ4v) is 2.53. The van der Waals surface area contributed by atoms with Crippen LogP contribution < -0.4 is 0 Å². The SMILES string of the molecule is Cc1noc(C)c1CS[C@H](C)C(=O)N(C)C. The largest absolute Gasteiger partial charge is 0.361 e. The van der Waals surface area contributed by atoms with E-state index in [1.807, 2.05) is 20.8 Å². The molecular weight excluding hydrogens is 224 g/mol. The van der Waals surface area contributed by atoms with Crippen molar-refractivity contribution in [3.8, 4) is 0 Å². The van der Waals surface area contributed by atoms with E-state index < -0.39 is 0 Å². The van der Waals surface area contributed by atoms with Crippen LogP contribution in [0.1, 0.15) is 23.9 Å². The second-order valence-corrected chi connectivity index (χ2v) is 5.32. The van der Waals surface area contributed by atoms with E-state index in [1.54, 1.807) is 30.8 Å². The minimum absolute atomic E-state index is 0.0382. The Labute approximate surface area is 100 Å². The molecule has 0 radical (unpaired) electrons. The van der Waals surface area contributed by atoms with Gasteiger partial charge in [0, 0.05) is 25.4 Å². The van der Waals surface area contributed by atoms with E-state index in [1.165, 1.54) is 0 Å². The summed E-state index contributed by atoms with van der Waals surface area (Å²) in [6, 6.07) is 0. The molecule has 1 atom stereocenters. The van der Waals surface area contributed by atoms with Crippen molar-refractivity contribution in [2.24, 2.45) is 0 Å². The number of hydrogen-bond acceptors (Lipinski definition) is 4. The zero-order chi connectivity index (χ0) is 12.3. The van der Waals surface area contributed by atoms with Gasteiger partial charge in [-0.05, 0) is 20.8 Å². The zero-order valence-electron chi connectivity index (χ0n) is 10.4. The maximum Gasteiger partial charge on any atom is 0.234 e. The van der Waals surface area contributed by atoms with Crippen molar-refractivity contribution in [1.29, 1.82) is 0 Å². The smallest absolute Gasteiger partial charge is 0.234 e. The Morgan fingerprint density at radius 2 is 2.12 bits per heavy atom. The van der Waals surface area contributed by atoms with Gasteiger partial charge in [-0.2, -0.15) is 0 Å². The van der Waals surface area contributed by atoms with E-state index in [2.05, 4.69) is 5.16 Å². The molecule has 1 heterocycles. The normalized spacial score (nSPS) is 12.6. The van der Waals surface area contributed by atoms with Gasteiger partial charge in [-0.15, -0.1) is 11.8 Å². The molecule has 0 saturated carbocycles. The minimum Gasteiger partial charge on any atom is -0.361 e. The first-order valence-electron chi connectivity index (χ1n) is 5.18. The molecule has 0 spiro atoms. The Morgan fingerprint density at radius 3 is 2.56 bits per heavy atom. The van der Waals surface area contributed by atoms with Crippen LogP contribution in [0.2, 0.25) is 0 Å². The van der Waals surface area contributed by atoms with Gasteiger partial charge in [-0.1, -0.05) is 5.16 Å². The first kappa shape index (κ1) is 13.1. The van der Waals surface area contributed by atoms with Crippen LogP contribution in [0.15, 0.2) is 4.52 Å². The summed E-state index contributed by atoms with van der Waals surface area (Å²) in [5.41, 5.74) is 2.01. The molecule has 0 unspecified atom stereocenters. The van der Waals surface area contributed by atoms with Crippen molar-refractivity contribution in [2.45, 2.75) is 31.8 Å². The van der Waals surface area contributed by atoms with E-state index in [9.17, 15) is 4.79 Å². The van der Waals surface area contributed by atoms with Crippen molar-refractivity contribution >= 4 is 17.7 Å². The molecular formula is C11H18N2O2S. The van der Waals surface area contributed by atoms with E-state index in [0.717, 1.165) is 22.8 Å². The van der Waals surface area contributed by atoms with Gasteiger partial charge in [0.05, 0.1) is 10.9 Å². The van der Waals surface area contributed by atoms with E-state index in [4.69, 9.17) is 4.52 Å². The average Bonchev–Trinajstić information content (AvgIpc) is 2.54. The minimum atomic E-state index is -0.0382. The highest BCUT2D eigenvalue weighted by atomic mass is 32.2. The lowest BCUT2D eigenvalue weighted by Gasteiger charge is -2.16. The highest BCUT2D eigenvalue weighted by Gasteiger charge is 2.17. The van der Waals surface area contributed by atoms with Crippen molar-refractivity contribution < 1.29 is 9.32 Å². The molecule has 0 bridgehead atoms. The second-order valence-electron chi connectivity index (χ2n) is 3.99. The number of amides is 1. The van der Waals surface area contributed by atoms with Crippen LogP contribution in [0.5, 0.6) is 0 Å². The first-order valence-corrected chi connectivity index (χ1v) is 6.23.